The molecule has 1 N–H and O–H groups in total. The van der Waals surface area contributed by atoms with Crippen LogP contribution in [0.5, 0.6) is 5.88 Å². The number of rotatable bonds is 8. The minimum absolute atomic E-state index is 0.0239. The Balaban J connectivity index is 1.25. The standard InChI is InChI=1S/C19H24F2N4O3S/c1-10(22-11(2)26)8-27-14-3-12(4-14)9-28-17-15(21)5-16-18(24-17)29-19(23-16)25-6-13(20)7-25/h5,10,12-14H,3-4,6-9H2,1-2H3,(H,22,26)/t10-,12?,14?/m0/s1. The number of nitrogens with zero attached hydrogens (tertiary/aromatic N) is 3. The fraction of sp³-hybridized carbons (Fsp3) is 0.632. The number of carbonyl (C=O) groups is 1. The van der Waals surface area contributed by atoms with Crippen molar-refractivity contribution in [2.45, 2.75) is 45.0 Å². The van der Waals surface area contributed by atoms with Gasteiger partial charge in [0.05, 0.1) is 32.4 Å². The summed E-state index contributed by atoms with van der Waals surface area (Å²) < 4.78 is 38.7. The number of thiazole rings is 1. The quantitative estimate of drug-likeness (QED) is 0.700. The summed E-state index contributed by atoms with van der Waals surface area (Å²) in [6.45, 7) is 4.86. The van der Waals surface area contributed by atoms with E-state index in [1.807, 2.05) is 11.8 Å². The van der Waals surface area contributed by atoms with E-state index in [1.54, 1.807) is 0 Å². The lowest BCUT2D eigenvalue weighted by Crippen LogP contribution is -2.48. The molecule has 1 aliphatic carbocycles. The molecule has 0 spiro atoms. The molecule has 1 aliphatic heterocycles. The molecule has 1 saturated heterocycles. The number of anilines is 1. The summed E-state index contributed by atoms with van der Waals surface area (Å²) in [6, 6.07) is 1.30. The zero-order chi connectivity index (χ0) is 20.5. The van der Waals surface area contributed by atoms with Crippen LogP contribution >= 0.6 is 11.3 Å². The Kier molecular flexibility index (Phi) is 5.82. The second kappa shape index (κ2) is 8.35. The monoisotopic (exact) mass is 426 g/mol. The second-order valence-electron chi connectivity index (χ2n) is 7.80. The first-order valence-electron chi connectivity index (χ1n) is 9.75. The number of carbonyl (C=O) groups excluding carboxylic acids is 1. The number of pyridine rings is 1. The molecular formula is C19H24F2N4O3S. The number of alkyl halides is 1. The van der Waals surface area contributed by atoms with Crippen molar-refractivity contribution in [1.82, 2.24) is 15.3 Å². The van der Waals surface area contributed by atoms with Gasteiger partial charge in [0.25, 0.3) is 5.88 Å². The van der Waals surface area contributed by atoms with Crippen LogP contribution in [-0.4, -0.2) is 60.5 Å². The number of amides is 1. The molecule has 158 valence electrons. The topological polar surface area (TPSA) is 76.6 Å². The average molecular weight is 426 g/mol. The Labute approximate surface area is 171 Å². The molecule has 1 saturated carbocycles. The molecule has 29 heavy (non-hydrogen) atoms. The first-order chi connectivity index (χ1) is 13.9. The number of hydrogen-bond donors (Lipinski definition) is 1. The van der Waals surface area contributed by atoms with Gasteiger partial charge in [0.1, 0.15) is 16.5 Å². The summed E-state index contributed by atoms with van der Waals surface area (Å²) in [5, 5.41) is 3.44. The Bertz CT molecular complexity index is 884. The van der Waals surface area contributed by atoms with E-state index in [0.717, 1.165) is 12.8 Å². The highest BCUT2D eigenvalue weighted by Crippen LogP contribution is 2.34. The molecular weight excluding hydrogens is 402 g/mol. The van der Waals surface area contributed by atoms with Crippen LogP contribution in [-0.2, 0) is 9.53 Å². The van der Waals surface area contributed by atoms with Crippen LogP contribution in [0.3, 0.4) is 0 Å². The van der Waals surface area contributed by atoms with Gasteiger partial charge >= 0.3 is 0 Å². The molecule has 0 unspecified atom stereocenters. The van der Waals surface area contributed by atoms with E-state index in [0.29, 0.717) is 41.8 Å². The van der Waals surface area contributed by atoms with Crippen molar-refractivity contribution in [2.24, 2.45) is 5.92 Å². The number of aromatic nitrogens is 2. The third-order valence-corrected chi connectivity index (χ3v) is 6.11. The van der Waals surface area contributed by atoms with Gasteiger partial charge in [-0.1, -0.05) is 11.3 Å². The molecule has 2 aliphatic rings. The fourth-order valence-electron chi connectivity index (χ4n) is 3.44. The molecule has 1 amide bonds. The molecule has 4 rings (SSSR count). The summed E-state index contributed by atoms with van der Waals surface area (Å²) in [4.78, 5) is 22.0. The van der Waals surface area contributed by atoms with Gasteiger partial charge in [-0.25, -0.2) is 13.8 Å². The zero-order valence-corrected chi connectivity index (χ0v) is 17.2. The van der Waals surface area contributed by atoms with E-state index in [4.69, 9.17) is 9.47 Å². The maximum Gasteiger partial charge on any atom is 0.251 e. The van der Waals surface area contributed by atoms with Gasteiger partial charge in [-0.15, -0.1) is 0 Å². The molecule has 7 nitrogen and oxygen atoms in total. The lowest BCUT2D eigenvalue weighted by Gasteiger charge is -2.35. The molecule has 0 aromatic carbocycles. The Hall–Kier alpha value is -2.07. The van der Waals surface area contributed by atoms with Crippen LogP contribution in [0.15, 0.2) is 6.07 Å². The summed E-state index contributed by atoms with van der Waals surface area (Å²) in [6.07, 6.45) is 0.982. The Morgan fingerprint density at radius 3 is 2.86 bits per heavy atom. The van der Waals surface area contributed by atoms with Crippen LogP contribution in [0, 0.1) is 11.7 Å². The normalized spacial score (nSPS) is 22.8. The Morgan fingerprint density at radius 1 is 1.41 bits per heavy atom. The maximum absolute atomic E-state index is 14.3. The summed E-state index contributed by atoms with van der Waals surface area (Å²) in [7, 11) is 0. The average Bonchev–Trinajstić information content (AvgIpc) is 2.98. The third kappa shape index (κ3) is 4.75. The third-order valence-electron chi connectivity index (χ3n) is 5.08. The predicted molar refractivity (Wildman–Crippen MR) is 106 cm³/mol. The SMILES string of the molecule is CC(=O)N[C@@H](C)COC1CC(COc2nc3sc(N4CC(F)C4)nc3cc2F)C1. The number of hydrogen-bond acceptors (Lipinski definition) is 7. The van der Waals surface area contributed by atoms with Gasteiger partial charge < -0.3 is 19.7 Å². The van der Waals surface area contributed by atoms with E-state index >= 15 is 0 Å². The Morgan fingerprint density at radius 2 is 2.17 bits per heavy atom. The lowest BCUT2D eigenvalue weighted by molar-refractivity contribution is -0.120. The number of fused-ring (bicyclic) bond motifs is 1. The smallest absolute Gasteiger partial charge is 0.251 e. The molecule has 0 radical (unpaired) electrons. The van der Waals surface area contributed by atoms with Crippen molar-refractivity contribution < 1.29 is 23.0 Å². The van der Waals surface area contributed by atoms with E-state index in [9.17, 15) is 13.6 Å². The van der Waals surface area contributed by atoms with E-state index in [2.05, 4.69) is 15.3 Å². The van der Waals surface area contributed by atoms with Crippen LogP contribution < -0.4 is 15.0 Å². The number of nitrogens with one attached hydrogen (secondary N) is 1. The summed E-state index contributed by atoms with van der Waals surface area (Å²) in [5.74, 6) is -0.356. The number of halogens is 2. The predicted octanol–water partition coefficient (Wildman–Crippen LogP) is 2.69. The van der Waals surface area contributed by atoms with Gasteiger partial charge in [0.15, 0.2) is 10.9 Å². The summed E-state index contributed by atoms with van der Waals surface area (Å²) in [5.41, 5.74) is 0.461. The highest BCUT2D eigenvalue weighted by molar-refractivity contribution is 7.21. The van der Waals surface area contributed by atoms with Gasteiger partial charge in [0.2, 0.25) is 5.91 Å². The molecule has 10 heteroatoms. The van der Waals surface area contributed by atoms with Crippen LogP contribution in [0.25, 0.3) is 10.3 Å². The van der Waals surface area contributed by atoms with Crippen LogP contribution in [0.2, 0.25) is 0 Å². The molecule has 2 aromatic rings. The summed E-state index contributed by atoms with van der Waals surface area (Å²) >= 11 is 1.31. The van der Waals surface area contributed by atoms with Crippen LogP contribution in [0.1, 0.15) is 26.7 Å². The van der Waals surface area contributed by atoms with Crippen molar-refractivity contribution in [2.75, 3.05) is 31.2 Å². The van der Waals surface area contributed by atoms with Crippen molar-refractivity contribution >= 4 is 32.7 Å². The minimum Gasteiger partial charge on any atom is -0.475 e. The lowest BCUT2D eigenvalue weighted by atomic mass is 9.83. The van der Waals surface area contributed by atoms with E-state index in [-0.39, 0.29) is 29.9 Å². The molecule has 3 heterocycles. The van der Waals surface area contributed by atoms with Crippen molar-refractivity contribution in [1.29, 1.82) is 0 Å². The van der Waals surface area contributed by atoms with Gasteiger partial charge in [-0.05, 0) is 25.7 Å². The van der Waals surface area contributed by atoms with Gasteiger partial charge in [-0.3, -0.25) is 4.79 Å². The molecule has 1 atom stereocenters. The zero-order valence-electron chi connectivity index (χ0n) is 16.4. The van der Waals surface area contributed by atoms with E-state index < -0.39 is 12.0 Å². The van der Waals surface area contributed by atoms with Gasteiger partial charge in [0, 0.05) is 19.0 Å². The molecule has 2 fully saturated rings. The van der Waals surface area contributed by atoms with Crippen molar-refractivity contribution in [3.05, 3.63) is 11.9 Å². The first-order valence-corrected chi connectivity index (χ1v) is 10.6. The molecule has 2 aromatic heterocycles. The second-order valence-corrected chi connectivity index (χ2v) is 8.76. The van der Waals surface area contributed by atoms with E-state index in [1.165, 1.54) is 24.3 Å². The molecule has 0 bridgehead atoms. The number of ether oxygens (including phenoxy) is 2. The van der Waals surface area contributed by atoms with Crippen molar-refractivity contribution in [3.8, 4) is 5.88 Å². The fourth-order valence-corrected chi connectivity index (χ4v) is 4.38. The highest BCUT2D eigenvalue weighted by Gasteiger charge is 2.32. The largest absolute Gasteiger partial charge is 0.475 e. The minimum atomic E-state index is -0.825. The highest BCUT2D eigenvalue weighted by atomic mass is 32.1. The maximum atomic E-state index is 14.3. The first kappa shape index (κ1) is 20.2. The van der Waals surface area contributed by atoms with Gasteiger partial charge in [-0.2, -0.15) is 4.98 Å². The van der Waals surface area contributed by atoms with Crippen molar-refractivity contribution in [3.63, 3.8) is 0 Å². The van der Waals surface area contributed by atoms with Crippen LogP contribution in [0.4, 0.5) is 13.9 Å².